The minimum absolute atomic E-state index is 0.219. The quantitative estimate of drug-likeness (QED) is 0.830. The molecule has 0 spiro atoms. The van der Waals surface area contributed by atoms with Gasteiger partial charge < -0.3 is 10.0 Å². The first-order chi connectivity index (χ1) is 9.56. The van der Waals surface area contributed by atoms with Gasteiger partial charge >= 0.3 is 5.97 Å². The number of piperidine rings is 1. The summed E-state index contributed by atoms with van der Waals surface area (Å²) in [6, 6.07) is 5.44. The van der Waals surface area contributed by atoms with Crippen molar-refractivity contribution in [3.05, 3.63) is 28.2 Å². The lowest BCUT2D eigenvalue weighted by molar-refractivity contribution is -0.143. The molecule has 0 saturated carbocycles. The molecular formula is C14H17Cl2NO2S. The van der Waals surface area contributed by atoms with Crippen LogP contribution in [-0.2, 0) is 4.79 Å². The zero-order valence-electron chi connectivity index (χ0n) is 11.0. The van der Waals surface area contributed by atoms with E-state index in [4.69, 9.17) is 28.3 Å². The van der Waals surface area contributed by atoms with Crippen molar-refractivity contribution in [3.8, 4) is 0 Å². The molecule has 20 heavy (non-hydrogen) atoms. The van der Waals surface area contributed by atoms with Crippen LogP contribution in [0.2, 0.25) is 10.0 Å². The molecule has 1 aliphatic rings. The van der Waals surface area contributed by atoms with Crippen LogP contribution >= 0.6 is 35.0 Å². The van der Waals surface area contributed by atoms with Crippen molar-refractivity contribution in [2.24, 2.45) is 5.92 Å². The van der Waals surface area contributed by atoms with Gasteiger partial charge in [-0.3, -0.25) is 4.79 Å². The maximum absolute atomic E-state index is 11.0. The van der Waals surface area contributed by atoms with Gasteiger partial charge in [0.1, 0.15) is 0 Å². The number of likely N-dealkylation sites (tertiary alicyclic amines) is 1. The first-order valence-corrected chi connectivity index (χ1v) is 8.33. The van der Waals surface area contributed by atoms with E-state index < -0.39 is 5.97 Å². The predicted molar refractivity (Wildman–Crippen MR) is 84.0 cm³/mol. The van der Waals surface area contributed by atoms with E-state index in [-0.39, 0.29) is 5.92 Å². The van der Waals surface area contributed by atoms with Crippen LogP contribution in [0.3, 0.4) is 0 Å². The van der Waals surface area contributed by atoms with Crippen molar-refractivity contribution >= 4 is 40.9 Å². The largest absolute Gasteiger partial charge is 0.481 e. The van der Waals surface area contributed by atoms with Crippen LogP contribution in [0.25, 0.3) is 0 Å². The Hall–Kier alpha value is -0.420. The van der Waals surface area contributed by atoms with Crippen LogP contribution in [-0.4, -0.2) is 41.4 Å². The van der Waals surface area contributed by atoms with E-state index >= 15 is 0 Å². The Morgan fingerprint density at radius 3 is 3.00 bits per heavy atom. The summed E-state index contributed by atoms with van der Waals surface area (Å²) in [6.07, 6.45) is 1.75. The monoisotopic (exact) mass is 333 g/mol. The molecule has 0 aliphatic carbocycles. The molecule has 1 aliphatic heterocycles. The third kappa shape index (κ3) is 4.55. The van der Waals surface area contributed by atoms with Crippen molar-refractivity contribution < 1.29 is 9.90 Å². The fourth-order valence-corrected chi connectivity index (χ4v) is 3.84. The molecule has 110 valence electrons. The second-order valence-electron chi connectivity index (χ2n) is 4.90. The average molecular weight is 334 g/mol. The predicted octanol–water partition coefficient (Wildman–Crippen LogP) is 3.88. The maximum Gasteiger partial charge on any atom is 0.307 e. The number of carboxylic acid groups (broad SMARTS) is 1. The number of carbonyl (C=O) groups is 1. The minimum Gasteiger partial charge on any atom is -0.481 e. The van der Waals surface area contributed by atoms with Crippen LogP contribution in [0.15, 0.2) is 23.1 Å². The molecule has 0 amide bonds. The molecule has 0 radical (unpaired) electrons. The molecule has 0 bridgehead atoms. The smallest absolute Gasteiger partial charge is 0.307 e. The fraction of sp³-hybridized carbons (Fsp3) is 0.500. The van der Waals surface area contributed by atoms with E-state index in [2.05, 4.69) is 4.90 Å². The summed E-state index contributed by atoms with van der Waals surface area (Å²) in [5, 5.41) is 10.5. The minimum atomic E-state index is -0.680. The van der Waals surface area contributed by atoms with E-state index in [1.54, 1.807) is 23.9 Å². The number of nitrogens with zero attached hydrogens (tertiary/aromatic N) is 1. The number of halogens is 2. The molecule has 3 nitrogen and oxygen atoms in total. The summed E-state index contributed by atoms with van der Waals surface area (Å²) >= 11 is 13.7. The van der Waals surface area contributed by atoms with Gasteiger partial charge in [0.2, 0.25) is 0 Å². The number of aliphatic carboxylic acids is 1. The molecule has 1 unspecified atom stereocenters. The van der Waals surface area contributed by atoms with Crippen LogP contribution in [0.4, 0.5) is 0 Å². The van der Waals surface area contributed by atoms with Crippen LogP contribution in [0.5, 0.6) is 0 Å². The first-order valence-electron chi connectivity index (χ1n) is 6.59. The third-order valence-electron chi connectivity index (χ3n) is 3.41. The van der Waals surface area contributed by atoms with Crippen LogP contribution < -0.4 is 0 Å². The highest BCUT2D eigenvalue weighted by molar-refractivity contribution is 7.99. The topological polar surface area (TPSA) is 40.5 Å². The Bertz CT molecular complexity index is 484. The Balaban J connectivity index is 1.80. The zero-order valence-corrected chi connectivity index (χ0v) is 13.3. The van der Waals surface area contributed by atoms with Gasteiger partial charge in [-0.2, -0.15) is 0 Å². The van der Waals surface area contributed by atoms with Crippen molar-refractivity contribution in [2.45, 2.75) is 17.7 Å². The molecule has 1 aromatic rings. The lowest BCUT2D eigenvalue weighted by atomic mass is 9.98. The number of carboxylic acids is 1. The first kappa shape index (κ1) is 16.0. The van der Waals surface area contributed by atoms with E-state index in [0.29, 0.717) is 16.6 Å². The van der Waals surface area contributed by atoms with Gasteiger partial charge in [-0.1, -0.05) is 23.2 Å². The van der Waals surface area contributed by atoms with Crippen molar-refractivity contribution in [1.82, 2.24) is 4.90 Å². The van der Waals surface area contributed by atoms with Crippen molar-refractivity contribution in [1.29, 1.82) is 0 Å². The summed E-state index contributed by atoms with van der Waals surface area (Å²) < 4.78 is 0. The van der Waals surface area contributed by atoms with Crippen molar-refractivity contribution in [3.63, 3.8) is 0 Å². The highest BCUT2D eigenvalue weighted by Crippen LogP contribution is 2.30. The van der Waals surface area contributed by atoms with Gasteiger partial charge in [-0.15, -0.1) is 11.8 Å². The van der Waals surface area contributed by atoms with Gasteiger partial charge in [0, 0.05) is 28.8 Å². The van der Waals surface area contributed by atoms with Gasteiger partial charge in [-0.05, 0) is 37.6 Å². The maximum atomic E-state index is 11.0. The lowest BCUT2D eigenvalue weighted by Crippen LogP contribution is -2.39. The van der Waals surface area contributed by atoms with Crippen LogP contribution in [0, 0.1) is 5.92 Å². The number of thioether (sulfide) groups is 1. The molecule has 1 fully saturated rings. The summed E-state index contributed by atoms with van der Waals surface area (Å²) in [6.45, 7) is 2.50. The number of hydrogen-bond donors (Lipinski definition) is 1. The molecule has 1 atom stereocenters. The van der Waals surface area contributed by atoms with Gasteiger partial charge in [0.05, 0.1) is 10.9 Å². The SMILES string of the molecule is O=C(O)C1CCCN(CCSc2cc(Cl)ccc2Cl)C1. The molecule has 6 heteroatoms. The number of hydrogen-bond acceptors (Lipinski definition) is 3. The van der Waals surface area contributed by atoms with Gasteiger partial charge in [-0.25, -0.2) is 0 Å². The zero-order chi connectivity index (χ0) is 14.5. The fourth-order valence-electron chi connectivity index (χ4n) is 2.33. The molecule has 2 rings (SSSR count). The summed E-state index contributed by atoms with van der Waals surface area (Å²) in [5.41, 5.74) is 0. The summed E-state index contributed by atoms with van der Waals surface area (Å²) in [4.78, 5) is 14.2. The van der Waals surface area contributed by atoms with Crippen LogP contribution in [0.1, 0.15) is 12.8 Å². The molecule has 1 heterocycles. The van der Waals surface area contributed by atoms with E-state index in [1.165, 1.54) is 0 Å². The van der Waals surface area contributed by atoms with Gasteiger partial charge in [0.25, 0.3) is 0 Å². The standard InChI is InChI=1S/C14H17Cl2NO2S/c15-11-3-4-12(16)13(8-11)20-7-6-17-5-1-2-10(9-17)14(18)19/h3-4,8,10H,1-2,5-7,9H2,(H,18,19). The Morgan fingerprint density at radius 2 is 2.25 bits per heavy atom. The van der Waals surface area contributed by atoms with Gasteiger partial charge in [0.15, 0.2) is 0 Å². The van der Waals surface area contributed by atoms with Crippen molar-refractivity contribution in [2.75, 3.05) is 25.4 Å². The second kappa shape index (κ2) is 7.55. The Morgan fingerprint density at radius 1 is 1.45 bits per heavy atom. The average Bonchev–Trinajstić information content (AvgIpc) is 2.43. The normalized spacial score (nSPS) is 20.0. The molecular weight excluding hydrogens is 317 g/mol. The Labute approximate surface area is 133 Å². The Kier molecular flexibility index (Phi) is 6.02. The second-order valence-corrected chi connectivity index (χ2v) is 6.88. The summed E-state index contributed by atoms with van der Waals surface area (Å²) in [5.74, 6) is -0.0180. The van der Waals surface area contributed by atoms with E-state index in [1.807, 2.05) is 6.07 Å². The number of rotatable bonds is 5. The van der Waals surface area contributed by atoms with E-state index in [9.17, 15) is 4.79 Å². The molecule has 1 N–H and O–H groups in total. The molecule has 0 aromatic heterocycles. The summed E-state index contributed by atoms with van der Waals surface area (Å²) in [7, 11) is 0. The molecule has 1 saturated heterocycles. The highest BCUT2D eigenvalue weighted by Gasteiger charge is 2.24. The van der Waals surface area contributed by atoms with E-state index in [0.717, 1.165) is 36.6 Å². The highest BCUT2D eigenvalue weighted by atomic mass is 35.5. The molecule has 1 aromatic carbocycles. The third-order valence-corrected chi connectivity index (χ3v) is 5.13. The number of benzene rings is 1. The lowest BCUT2D eigenvalue weighted by Gasteiger charge is -2.30.